The summed E-state index contributed by atoms with van der Waals surface area (Å²) >= 11 is 23.8. The quantitative estimate of drug-likeness (QED) is 0.599. The fourth-order valence-electron chi connectivity index (χ4n) is 1.90. The van der Waals surface area contributed by atoms with E-state index in [2.05, 4.69) is 6.92 Å². The first-order chi connectivity index (χ1) is 8.02. The lowest BCUT2D eigenvalue weighted by atomic mass is 9.96. The Morgan fingerprint density at radius 1 is 0.941 bits per heavy atom. The second kappa shape index (κ2) is 5.24. The van der Waals surface area contributed by atoms with Crippen molar-refractivity contribution >= 4 is 57.2 Å². The summed E-state index contributed by atoms with van der Waals surface area (Å²) in [6.45, 7) is 4.03. The normalized spacial score (nSPS) is 11.7. The van der Waals surface area contributed by atoms with Gasteiger partial charge >= 0.3 is 0 Å². The van der Waals surface area contributed by atoms with E-state index in [1.165, 1.54) is 0 Å². The van der Waals surface area contributed by atoms with Gasteiger partial charge in [-0.1, -0.05) is 24.3 Å². The van der Waals surface area contributed by atoms with E-state index >= 15 is 0 Å². The van der Waals surface area contributed by atoms with Gasteiger partial charge in [0.1, 0.15) is 9.67 Å². The van der Waals surface area contributed by atoms with E-state index in [4.69, 9.17) is 46.4 Å². The smallest absolute Gasteiger partial charge is 0.100 e. The van der Waals surface area contributed by atoms with Crippen molar-refractivity contribution in [1.82, 2.24) is 0 Å². The van der Waals surface area contributed by atoms with Crippen molar-refractivity contribution in [2.24, 2.45) is 0 Å². The second-order valence-electron chi connectivity index (χ2n) is 3.68. The second-order valence-corrected chi connectivity index (χ2v) is 5.87. The van der Waals surface area contributed by atoms with Crippen molar-refractivity contribution in [1.29, 1.82) is 0 Å². The van der Waals surface area contributed by atoms with E-state index in [1.54, 1.807) is 0 Å². The van der Waals surface area contributed by atoms with Gasteiger partial charge in [0.15, 0.2) is 0 Å². The van der Waals surface area contributed by atoms with Crippen LogP contribution in [0.5, 0.6) is 0 Å². The van der Waals surface area contributed by atoms with E-state index in [0.717, 1.165) is 16.3 Å². The Morgan fingerprint density at radius 3 is 2.18 bits per heavy atom. The zero-order valence-electron chi connectivity index (χ0n) is 8.76. The molecular weight excluding hydrogens is 298 g/mol. The number of benzene rings is 2. The average molecular weight is 307 g/mol. The molecule has 2 aromatic rings. The maximum atomic E-state index is 5.97. The lowest BCUT2D eigenvalue weighted by molar-refractivity contribution is 1.21. The van der Waals surface area contributed by atoms with Crippen molar-refractivity contribution in [3.05, 3.63) is 53.9 Å². The van der Waals surface area contributed by atoms with Gasteiger partial charge in [0.2, 0.25) is 0 Å². The number of alkyl halides is 4. The van der Waals surface area contributed by atoms with Gasteiger partial charge in [0.25, 0.3) is 0 Å². The van der Waals surface area contributed by atoms with Gasteiger partial charge in [0.05, 0.1) is 0 Å². The molecule has 4 heteroatoms. The van der Waals surface area contributed by atoms with Crippen molar-refractivity contribution < 1.29 is 0 Å². The zero-order valence-corrected chi connectivity index (χ0v) is 11.8. The summed E-state index contributed by atoms with van der Waals surface area (Å²) in [5.41, 5.74) is 2.19. The Balaban J connectivity index is 2.84. The highest BCUT2D eigenvalue weighted by atomic mass is 35.5. The molecule has 0 aliphatic heterocycles. The maximum Gasteiger partial charge on any atom is 0.133 e. The molecular formula is C13H9Cl4. The Hall–Kier alpha value is -0.140. The molecule has 0 aliphatic rings. The predicted molar refractivity (Wildman–Crippen MR) is 77.3 cm³/mol. The van der Waals surface area contributed by atoms with Crippen molar-refractivity contribution in [2.45, 2.75) is 9.67 Å². The van der Waals surface area contributed by atoms with Crippen LogP contribution in [-0.2, 0) is 0 Å². The fraction of sp³-hybridized carbons (Fsp3) is 0.154. The first kappa shape index (κ1) is 13.3. The van der Waals surface area contributed by atoms with E-state index in [-0.39, 0.29) is 0 Å². The minimum absolute atomic E-state index is 0.671. The van der Waals surface area contributed by atoms with Gasteiger partial charge in [0, 0.05) is 0 Å². The molecule has 0 spiro atoms. The van der Waals surface area contributed by atoms with E-state index < -0.39 is 9.67 Å². The summed E-state index contributed by atoms with van der Waals surface area (Å²) < 4.78 is 0. The molecule has 0 unspecified atom stereocenters. The van der Waals surface area contributed by atoms with Crippen LogP contribution in [0.4, 0.5) is 0 Å². The van der Waals surface area contributed by atoms with Crippen LogP contribution in [-0.4, -0.2) is 0 Å². The summed E-state index contributed by atoms with van der Waals surface area (Å²) in [6, 6.07) is 9.74. The summed E-state index contributed by atoms with van der Waals surface area (Å²) in [4.78, 5) is -1.36. The van der Waals surface area contributed by atoms with Crippen LogP contribution in [0.2, 0.25) is 0 Å². The number of halogens is 4. The number of hydrogen-bond acceptors (Lipinski definition) is 0. The van der Waals surface area contributed by atoms with Crippen LogP contribution < -0.4 is 0 Å². The third kappa shape index (κ3) is 2.51. The van der Waals surface area contributed by atoms with Crippen LogP contribution in [0.3, 0.4) is 0 Å². The highest BCUT2D eigenvalue weighted by molar-refractivity contribution is 6.46. The fourth-order valence-corrected chi connectivity index (χ4v) is 2.78. The average Bonchev–Trinajstić information content (AvgIpc) is 2.28. The number of rotatable bonds is 2. The molecule has 0 nitrogen and oxygen atoms in total. The van der Waals surface area contributed by atoms with Crippen molar-refractivity contribution in [3.63, 3.8) is 0 Å². The summed E-state index contributed by atoms with van der Waals surface area (Å²) in [5, 5.41) is 2.03. The van der Waals surface area contributed by atoms with Crippen LogP contribution in [0.1, 0.15) is 26.4 Å². The molecule has 89 valence electrons. The van der Waals surface area contributed by atoms with Gasteiger partial charge in [-0.15, -0.1) is 46.4 Å². The zero-order chi connectivity index (χ0) is 12.6. The minimum Gasteiger partial charge on any atom is -0.100 e. The molecule has 0 amide bonds. The van der Waals surface area contributed by atoms with Gasteiger partial charge in [-0.05, 0) is 40.5 Å². The molecule has 0 heterocycles. The van der Waals surface area contributed by atoms with Crippen LogP contribution >= 0.6 is 46.4 Å². The third-order valence-corrected chi connectivity index (χ3v) is 3.59. The summed E-state index contributed by atoms with van der Waals surface area (Å²) in [7, 11) is 0. The van der Waals surface area contributed by atoms with Crippen molar-refractivity contribution in [2.75, 3.05) is 0 Å². The molecule has 0 saturated carbocycles. The highest BCUT2D eigenvalue weighted by Gasteiger charge is 2.19. The first-order valence-electron chi connectivity index (χ1n) is 4.96. The van der Waals surface area contributed by atoms with Gasteiger partial charge in [-0.25, -0.2) is 0 Å². The third-order valence-electron chi connectivity index (χ3n) is 2.69. The predicted octanol–water partition coefficient (Wildman–Crippen LogP) is 5.97. The minimum atomic E-state index is -0.692. The van der Waals surface area contributed by atoms with Crippen LogP contribution in [0.15, 0.2) is 30.3 Å². The van der Waals surface area contributed by atoms with Crippen LogP contribution in [0, 0.1) is 6.92 Å². The molecule has 0 N–H and O–H groups in total. The molecule has 0 aromatic heterocycles. The van der Waals surface area contributed by atoms with Gasteiger partial charge in [-0.2, -0.15) is 0 Å². The number of hydrogen-bond donors (Lipinski definition) is 0. The molecule has 1 radical (unpaired) electrons. The highest BCUT2D eigenvalue weighted by Crippen LogP contribution is 2.40. The Morgan fingerprint density at radius 2 is 1.59 bits per heavy atom. The Bertz CT molecular complexity index is 546. The Kier molecular flexibility index (Phi) is 4.10. The molecule has 0 bridgehead atoms. The molecule has 2 rings (SSSR count). The molecule has 17 heavy (non-hydrogen) atoms. The monoisotopic (exact) mass is 305 g/mol. The topological polar surface area (TPSA) is 0 Å². The van der Waals surface area contributed by atoms with Gasteiger partial charge in [-0.3, -0.25) is 0 Å². The number of fused-ring (bicyclic) bond motifs is 1. The standard InChI is InChI=1S/C13H9Cl4/c1-7-9-5-3-2-4-8(9)6-10(12(14)15)11(7)13(16)17/h2-6,12-13H,1H2. The first-order valence-corrected chi connectivity index (χ1v) is 6.70. The summed E-state index contributed by atoms with van der Waals surface area (Å²) in [6.07, 6.45) is 0. The molecule has 0 fully saturated rings. The Labute approximate surface area is 120 Å². The van der Waals surface area contributed by atoms with E-state index in [0.29, 0.717) is 11.1 Å². The van der Waals surface area contributed by atoms with Gasteiger partial charge < -0.3 is 0 Å². The van der Waals surface area contributed by atoms with E-state index in [9.17, 15) is 0 Å². The van der Waals surface area contributed by atoms with E-state index in [1.807, 2.05) is 30.3 Å². The molecule has 2 aromatic carbocycles. The molecule has 0 saturated heterocycles. The molecule has 0 atom stereocenters. The lowest BCUT2D eigenvalue weighted by Gasteiger charge is -2.16. The van der Waals surface area contributed by atoms with Crippen molar-refractivity contribution in [3.8, 4) is 0 Å². The SMILES string of the molecule is [CH2]c1c(C(Cl)Cl)c(C(Cl)Cl)cc2ccccc12. The molecule has 0 aliphatic carbocycles. The largest absolute Gasteiger partial charge is 0.133 e. The lowest BCUT2D eigenvalue weighted by Crippen LogP contribution is -1.98. The summed E-state index contributed by atoms with van der Waals surface area (Å²) in [5.74, 6) is 0. The van der Waals surface area contributed by atoms with Crippen LogP contribution in [0.25, 0.3) is 10.8 Å². The maximum absolute atomic E-state index is 5.97.